The number of amides is 1. The van der Waals surface area contributed by atoms with Crippen molar-refractivity contribution in [3.8, 4) is 0 Å². The number of hydrazine groups is 1. The van der Waals surface area contributed by atoms with E-state index in [-0.39, 0.29) is 5.91 Å². The largest absolute Gasteiger partial charge is 0.297 e. The molecule has 0 radical (unpaired) electrons. The van der Waals surface area contributed by atoms with Crippen molar-refractivity contribution < 1.29 is 4.79 Å². The lowest BCUT2D eigenvalue weighted by molar-refractivity contribution is -0.123. The third-order valence-electron chi connectivity index (χ3n) is 3.39. The van der Waals surface area contributed by atoms with E-state index in [2.05, 4.69) is 15.4 Å². The van der Waals surface area contributed by atoms with Crippen LogP contribution < -0.4 is 5.43 Å². The highest BCUT2D eigenvalue weighted by molar-refractivity contribution is 8.27. The van der Waals surface area contributed by atoms with Gasteiger partial charge in [0.25, 0.3) is 5.91 Å². The molecule has 5 nitrogen and oxygen atoms in total. The first-order valence-electron chi connectivity index (χ1n) is 7.18. The van der Waals surface area contributed by atoms with Gasteiger partial charge < -0.3 is 0 Å². The molecule has 118 valence electrons. The molecule has 0 bridgehead atoms. The number of nitrogens with one attached hydrogen (secondary N) is 1. The molecule has 0 saturated carbocycles. The second-order valence-electron chi connectivity index (χ2n) is 5.08. The Balaban J connectivity index is 1.57. The SMILES string of the molecule is O=C1/C(=C/c2ccc(Cl)cc2)N=C2SC(=Nc3ccccc3)NN12. The minimum Gasteiger partial charge on any atom is -0.266 e. The van der Waals surface area contributed by atoms with Gasteiger partial charge in [-0.15, -0.1) is 0 Å². The van der Waals surface area contributed by atoms with Crippen molar-refractivity contribution in [3.05, 3.63) is 70.9 Å². The Labute approximate surface area is 147 Å². The van der Waals surface area contributed by atoms with Crippen LogP contribution in [0, 0.1) is 0 Å². The third-order valence-corrected chi connectivity index (χ3v) is 4.47. The van der Waals surface area contributed by atoms with Crippen molar-refractivity contribution in [2.24, 2.45) is 9.98 Å². The van der Waals surface area contributed by atoms with Gasteiger partial charge in [-0.2, -0.15) is 5.01 Å². The molecule has 1 amide bonds. The Bertz CT molecular complexity index is 891. The highest BCUT2D eigenvalue weighted by Crippen LogP contribution is 2.29. The van der Waals surface area contributed by atoms with Crippen molar-refractivity contribution >= 4 is 51.4 Å². The fourth-order valence-corrected chi connectivity index (χ4v) is 3.20. The van der Waals surface area contributed by atoms with Crippen LogP contribution in [0.25, 0.3) is 6.08 Å². The highest BCUT2D eigenvalue weighted by Gasteiger charge is 2.37. The average molecular weight is 355 g/mol. The summed E-state index contributed by atoms with van der Waals surface area (Å²) in [7, 11) is 0. The van der Waals surface area contributed by atoms with E-state index in [1.807, 2.05) is 42.5 Å². The van der Waals surface area contributed by atoms with Crippen molar-refractivity contribution in [3.63, 3.8) is 0 Å². The van der Waals surface area contributed by atoms with Gasteiger partial charge in [-0.25, -0.2) is 9.98 Å². The normalized spacial score (nSPS) is 19.6. The van der Waals surface area contributed by atoms with Gasteiger partial charge >= 0.3 is 0 Å². The first kappa shape index (κ1) is 15.0. The van der Waals surface area contributed by atoms with Gasteiger partial charge in [0.1, 0.15) is 5.70 Å². The zero-order valence-electron chi connectivity index (χ0n) is 12.3. The molecule has 4 rings (SSSR count). The minimum atomic E-state index is -0.203. The van der Waals surface area contributed by atoms with Crippen LogP contribution in [-0.2, 0) is 4.79 Å². The van der Waals surface area contributed by atoms with Crippen LogP contribution in [0.5, 0.6) is 0 Å². The van der Waals surface area contributed by atoms with Crippen LogP contribution in [0.3, 0.4) is 0 Å². The van der Waals surface area contributed by atoms with Crippen molar-refractivity contribution in [1.29, 1.82) is 0 Å². The summed E-state index contributed by atoms with van der Waals surface area (Å²) in [4.78, 5) is 21.3. The number of nitrogens with zero attached hydrogens (tertiary/aromatic N) is 3. The van der Waals surface area contributed by atoms with Crippen LogP contribution in [-0.4, -0.2) is 21.3 Å². The van der Waals surface area contributed by atoms with E-state index in [0.717, 1.165) is 11.3 Å². The molecule has 1 fully saturated rings. The first-order chi connectivity index (χ1) is 11.7. The summed E-state index contributed by atoms with van der Waals surface area (Å²) in [6.45, 7) is 0. The molecule has 2 aromatic rings. The maximum absolute atomic E-state index is 12.4. The molecular weight excluding hydrogens is 344 g/mol. The van der Waals surface area contributed by atoms with Crippen molar-refractivity contribution in [2.45, 2.75) is 0 Å². The number of hydrogen-bond acceptors (Lipinski definition) is 4. The highest BCUT2D eigenvalue weighted by atomic mass is 35.5. The molecular formula is C17H11ClN4OS. The molecule has 2 heterocycles. The fraction of sp³-hybridized carbons (Fsp3) is 0. The van der Waals surface area contributed by atoms with Gasteiger partial charge in [-0.1, -0.05) is 41.9 Å². The number of hydrogen-bond donors (Lipinski definition) is 1. The lowest BCUT2D eigenvalue weighted by Gasteiger charge is -2.08. The number of thioether (sulfide) groups is 1. The van der Waals surface area contributed by atoms with Crippen LogP contribution in [0.2, 0.25) is 5.02 Å². The number of para-hydroxylation sites is 1. The summed E-state index contributed by atoms with van der Waals surface area (Å²) >= 11 is 7.20. The van der Waals surface area contributed by atoms with E-state index >= 15 is 0 Å². The molecule has 0 spiro atoms. The molecule has 0 atom stereocenters. The molecule has 0 aliphatic carbocycles. The van der Waals surface area contributed by atoms with Gasteiger partial charge in [-0.05, 0) is 47.7 Å². The zero-order chi connectivity index (χ0) is 16.5. The van der Waals surface area contributed by atoms with Crippen LogP contribution in [0.1, 0.15) is 5.56 Å². The monoisotopic (exact) mass is 354 g/mol. The molecule has 0 unspecified atom stereocenters. The topological polar surface area (TPSA) is 57.1 Å². The Morgan fingerprint density at radius 1 is 1.12 bits per heavy atom. The molecule has 24 heavy (non-hydrogen) atoms. The van der Waals surface area contributed by atoms with Gasteiger partial charge in [-0.3, -0.25) is 10.2 Å². The van der Waals surface area contributed by atoms with Gasteiger partial charge in [0.05, 0.1) is 5.69 Å². The minimum absolute atomic E-state index is 0.203. The van der Waals surface area contributed by atoms with E-state index in [0.29, 0.717) is 21.1 Å². The number of halogens is 1. The summed E-state index contributed by atoms with van der Waals surface area (Å²) in [6.07, 6.45) is 1.74. The summed E-state index contributed by atoms with van der Waals surface area (Å²) < 4.78 is 0. The maximum atomic E-state index is 12.4. The van der Waals surface area contributed by atoms with E-state index in [1.54, 1.807) is 18.2 Å². The molecule has 2 aliphatic heterocycles. The fourth-order valence-electron chi connectivity index (χ4n) is 2.25. The van der Waals surface area contributed by atoms with Crippen molar-refractivity contribution in [1.82, 2.24) is 10.4 Å². The van der Waals surface area contributed by atoms with Gasteiger partial charge in [0, 0.05) is 5.02 Å². The number of carbonyl (C=O) groups excluding carboxylic acids is 1. The predicted octanol–water partition coefficient (Wildman–Crippen LogP) is 3.82. The summed E-state index contributed by atoms with van der Waals surface area (Å²) in [5.41, 5.74) is 5.05. The van der Waals surface area contributed by atoms with E-state index < -0.39 is 0 Å². The molecule has 1 N–H and O–H groups in total. The lowest BCUT2D eigenvalue weighted by Crippen LogP contribution is -2.38. The molecule has 2 aliphatic rings. The Hall–Kier alpha value is -2.57. The number of benzene rings is 2. The van der Waals surface area contributed by atoms with Gasteiger partial charge in [0.2, 0.25) is 0 Å². The zero-order valence-corrected chi connectivity index (χ0v) is 13.9. The second kappa shape index (κ2) is 6.14. The lowest BCUT2D eigenvalue weighted by atomic mass is 10.2. The summed E-state index contributed by atoms with van der Waals surface area (Å²) in [6, 6.07) is 16.8. The number of carbonyl (C=O) groups is 1. The Morgan fingerprint density at radius 3 is 2.58 bits per heavy atom. The number of fused-ring (bicyclic) bond motifs is 1. The number of rotatable bonds is 2. The van der Waals surface area contributed by atoms with Crippen molar-refractivity contribution in [2.75, 3.05) is 0 Å². The number of aliphatic imine (C=N–C) groups is 2. The second-order valence-corrected chi connectivity index (χ2v) is 6.47. The molecule has 7 heteroatoms. The summed E-state index contributed by atoms with van der Waals surface area (Å²) in [5.74, 6) is -0.203. The molecule has 1 saturated heterocycles. The predicted molar refractivity (Wildman–Crippen MR) is 98.0 cm³/mol. The first-order valence-corrected chi connectivity index (χ1v) is 8.37. The van der Waals surface area contributed by atoms with E-state index in [9.17, 15) is 4.79 Å². The summed E-state index contributed by atoms with van der Waals surface area (Å²) in [5, 5.41) is 3.27. The average Bonchev–Trinajstić information content (AvgIpc) is 3.10. The standard InChI is InChI=1S/C17H11ClN4OS/c18-12-8-6-11(7-9-12)10-14-15(23)22-17(20-14)24-16(21-22)19-13-4-2-1-3-5-13/h1-10H,(H,19,21)/b14-10-. The van der Waals surface area contributed by atoms with E-state index in [4.69, 9.17) is 11.6 Å². The molecule has 0 aromatic heterocycles. The van der Waals surface area contributed by atoms with E-state index in [1.165, 1.54) is 16.8 Å². The quantitative estimate of drug-likeness (QED) is 0.834. The number of amidine groups is 2. The van der Waals surface area contributed by atoms with Crippen LogP contribution in [0.4, 0.5) is 5.69 Å². The smallest absolute Gasteiger partial charge is 0.266 e. The van der Waals surface area contributed by atoms with Crippen LogP contribution in [0.15, 0.2) is 70.3 Å². The maximum Gasteiger partial charge on any atom is 0.297 e. The van der Waals surface area contributed by atoms with Crippen LogP contribution >= 0.6 is 23.4 Å². The van der Waals surface area contributed by atoms with Gasteiger partial charge in [0.15, 0.2) is 10.3 Å². The molecule has 2 aromatic carbocycles. The third kappa shape index (κ3) is 2.93. The Morgan fingerprint density at radius 2 is 1.88 bits per heavy atom. The Kier molecular flexibility index (Phi) is 3.84.